The van der Waals surface area contributed by atoms with Gasteiger partial charge in [0.1, 0.15) is 6.04 Å². The molecule has 3 amide bonds. The van der Waals surface area contributed by atoms with Crippen LogP contribution in [0.25, 0.3) is 0 Å². The second-order valence-electron chi connectivity index (χ2n) is 2.60. The zero-order valence-corrected chi connectivity index (χ0v) is 8.22. The first-order chi connectivity index (χ1) is 5.81. The molecule has 1 atom stereocenters. The van der Waals surface area contributed by atoms with Gasteiger partial charge in [0.05, 0.1) is 5.75 Å². The van der Waals surface area contributed by atoms with Gasteiger partial charge in [0.25, 0.3) is 5.91 Å². The lowest BCUT2D eigenvalue weighted by Gasteiger charge is -2.04. The molecular weight excluding hydrogens is 220 g/mol. The van der Waals surface area contributed by atoms with Gasteiger partial charge in [-0.15, -0.1) is 0 Å². The van der Waals surface area contributed by atoms with Crippen molar-refractivity contribution in [2.45, 2.75) is 6.04 Å². The Kier molecular flexibility index (Phi) is 2.49. The Bertz CT molecular complexity index is 352. The molecule has 1 N–H and O–H groups in total. The van der Waals surface area contributed by atoms with E-state index in [1.165, 1.54) is 7.05 Å². The van der Waals surface area contributed by atoms with E-state index in [0.29, 0.717) is 0 Å². The summed E-state index contributed by atoms with van der Waals surface area (Å²) in [5.74, 6) is -1.17. The van der Waals surface area contributed by atoms with Gasteiger partial charge in [-0.1, -0.05) is 0 Å². The van der Waals surface area contributed by atoms with Crippen molar-refractivity contribution >= 4 is 31.7 Å². The quantitative estimate of drug-likeness (QED) is 0.489. The fraction of sp³-hybridized carbons (Fsp3) is 0.600. The Hall–Kier alpha value is -0.820. The molecule has 8 heteroatoms. The van der Waals surface area contributed by atoms with E-state index >= 15 is 0 Å². The molecule has 0 aromatic heterocycles. The van der Waals surface area contributed by atoms with Crippen LogP contribution in [0.2, 0.25) is 0 Å². The Balaban J connectivity index is 2.76. The number of hydrogen-bond donors (Lipinski definition) is 1. The Morgan fingerprint density at radius 3 is 2.38 bits per heavy atom. The molecule has 1 aliphatic rings. The van der Waals surface area contributed by atoms with Crippen molar-refractivity contribution in [1.82, 2.24) is 10.2 Å². The summed E-state index contributed by atoms with van der Waals surface area (Å²) in [5, 5.41) is 2.18. The standard InChI is InChI=1S/C5H7ClN2O4S/c1-8-4(9)3(7-5(8)10)2-13(6,11)12/h3H,2H2,1H3,(H,7,10)/t3-/m1/s1. The Morgan fingerprint density at radius 1 is 1.54 bits per heavy atom. The van der Waals surface area contributed by atoms with Crippen LogP contribution in [-0.4, -0.2) is 44.1 Å². The van der Waals surface area contributed by atoms with Crippen LogP contribution in [0.15, 0.2) is 0 Å². The maximum Gasteiger partial charge on any atom is 0.324 e. The van der Waals surface area contributed by atoms with Gasteiger partial charge in [-0.25, -0.2) is 13.2 Å². The maximum absolute atomic E-state index is 11.1. The van der Waals surface area contributed by atoms with Crippen LogP contribution in [0.4, 0.5) is 4.79 Å². The first kappa shape index (κ1) is 10.3. The summed E-state index contributed by atoms with van der Waals surface area (Å²) in [6, 6.07) is -1.67. The molecule has 1 heterocycles. The van der Waals surface area contributed by atoms with Crippen LogP contribution in [-0.2, 0) is 13.8 Å². The molecule has 0 saturated carbocycles. The third-order valence-electron chi connectivity index (χ3n) is 1.60. The zero-order valence-electron chi connectivity index (χ0n) is 6.65. The zero-order chi connectivity index (χ0) is 10.2. The van der Waals surface area contributed by atoms with Gasteiger partial charge >= 0.3 is 6.03 Å². The van der Waals surface area contributed by atoms with Gasteiger partial charge < -0.3 is 5.32 Å². The first-order valence-electron chi connectivity index (χ1n) is 3.31. The average Bonchev–Trinajstić information content (AvgIpc) is 2.15. The van der Waals surface area contributed by atoms with E-state index < -0.39 is 32.8 Å². The molecule has 0 spiro atoms. The summed E-state index contributed by atoms with van der Waals surface area (Å²) in [6.07, 6.45) is 0. The lowest BCUT2D eigenvalue weighted by atomic mass is 10.3. The molecule has 0 radical (unpaired) electrons. The minimum absolute atomic E-state index is 0.580. The third-order valence-corrected chi connectivity index (χ3v) is 2.71. The molecule has 0 aliphatic carbocycles. The van der Waals surface area contributed by atoms with Gasteiger partial charge in [0.15, 0.2) is 0 Å². The second-order valence-corrected chi connectivity index (χ2v) is 5.43. The van der Waals surface area contributed by atoms with Gasteiger partial charge in [-0.2, -0.15) is 0 Å². The number of carbonyl (C=O) groups excluding carboxylic acids is 2. The number of carbonyl (C=O) groups is 2. The normalized spacial score (nSPS) is 23.5. The monoisotopic (exact) mass is 226 g/mol. The van der Waals surface area contributed by atoms with E-state index in [2.05, 4.69) is 5.32 Å². The number of nitrogens with one attached hydrogen (secondary N) is 1. The highest BCUT2D eigenvalue weighted by Crippen LogP contribution is 2.08. The Labute approximate surface area is 79.3 Å². The molecule has 74 valence electrons. The van der Waals surface area contributed by atoms with E-state index in [1.54, 1.807) is 0 Å². The summed E-state index contributed by atoms with van der Waals surface area (Å²) in [5.41, 5.74) is 0. The summed E-state index contributed by atoms with van der Waals surface area (Å²) in [6.45, 7) is 0. The molecule has 1 fully saturated rings. The molecule has 6 nitrogen and oxygen atoms in total. The molecule has 13 heavy (non-hydrogen) atoms. The fourth-order valence-electron chi connectivity index (χ4n) is 0.953. The molecule has 0 bridgehead atoms. The number of imide groups is 1. The minimum Gasteiger partial charge on any atom is -0.325 e. The molecule has 1 aliphatic heterocycles. The highest BCUT2D eigenvalue weighted by atomic mass is 35.7. The molecule has 0 aromatic rings. The van der Waals surface area contributed by atoms with E-state index in [-0.39, 0.29) is 0 Å². The molecule has 1 rings (SSSR count). The summed E-state index contributed by atoms with van der Waals surface area (Å²) >= 11 is 0. The highest BCUT2D eigenvalue weighted by Gasteiger charge is 2.37. The van der Waals surface area contributed by atoms with Crippen LogP contribution in [0.5, 0.6) is 0 Å². The lowest BCUT2D eigenvalue weighted by Crippen LogP contribution is -2.34. The number of nitrogens with zero attached hydrogens (tertiary/aromatic N) is 1. The molecule has 0 unspecified atom stereocenters. The van der Waals surface area contributed by atoms with Crippen LogP contribution in [0.1, 0.15) is 0 Å². The molecule has 0 aromatic carbocycles. The second kappa shape index (κ2) is 3.15. The van der Waals surface area contributed by atoms with Crippen molar-refractivity contribution in [3.8, 4) is 0 Å². The summed E-state index contributed by atoms with van der Waals surface area (Å²) in [7, 11) is 2.41. The number of urea groups is 1. The largest absolute Gasteiger partial charge is 0.325 e. The first-order valence-corrected chi connectivity index (χ1v) is 5.79. The maximum atomic E-state index is 11.1. The van der Waals surface area contributed by atoms with Gasteiger partial charge in [0.2, 0.25) is 9.05 Å². The topological polar surface area (TPSA) is 83.6 Å². The highest BCUT2D eigenvalue weighted by molar-refractivity contribution is 8.13. The summed E-state index contributed by atoms with van der Waals surface area (Å²) in [4.78, 5) is 22.8. The Morgan fingerprint density at radius 2 is 2.08 bits per heavy atom. The fourth-order valence-corrected chi connectivity index (χ4v) is 1.96. The summed E-state index contributed by atoms with van der Waals surface area (Å²) < 4.78 is 21.2. The third kappa shape index (κ3) is 2.31. The predicted octanol–water partition coefficient (Wildman–Crippen LogP) is -0.895. The van der Waals surface area contributed by atoms with Crippen molar-refractivity contribution < 1.29 is 18.0 Å². The minimum atomic E-state index is -3.78. The molecular formula is C5H7ClN2O4S. The van der Waals surface area contributed by atoms with Crippen molar-refractivity contribution in [3.05, 3.63) is 0 Å². The van der Waals surface area contributed by atoms with Crippen LogP contribution >= 0.6 is 10.7 Å². The van der Waals surface area contributed by atoms with E-state index in [9.17, 15) is 18.0 Å². The van der Waals surface area contributed by atoms with Crippen LogP contribution in [0, 0.1) is 0 Å². The van der Waals surface area contributed by atoms with E-state index in [4.69, 9.17) is 10.7 Å². The van der Waals surface area contributed by atoms with Gasteiger partial charge in [-0.3, -0.25) is 9.69 Å². The average molecular weight is 227 g/mol. The number of hydrogen-bond acceptors (Lipinski definition) is 4. The molecule has 1 saturated heterocycles. The number of likely N-dealkylation sites (N-methyl/N-ethyl adjacent to an activating group) is 1. The van der Waals surface area contributed by atoms with Crippen molar-refractivity contribution in [3.63, 3.8) is 0 Å². The van der Waals surface area contributed by atoms with E-state index in [1.807, 2.05) is 0 Å². The number of halogens is 1. The van der Waals surface area contributed by atoms with Crippen molar-refractivity contribution in [2.24, 2.45) is 0 Å². The van der Waals surface area contributed by atoms with E-state index in [0.717, 1.165) is 4.90 Å². The van der Waals surface area contributed by atoms with Gasteiger partial charge in [0, 0.05) is 17.7 Å². The number of rotatable bonds is 2. The van der Waals surface area contributed by atoms with Gasteiger partial charge in [-0.05, 0) is 0 Å². The lowest BCUT2D eigenvalue weighted by molar-refractivity contribution is -0.126. The van der Waals surface area contributed by atoms with Crippen LogP contribution in [0.3, 0.4) is 0 Å². The predicted molar refractivity (Wildman–Crippen MR) is 44.7 cm³/mol. The van der Waals surface area contributed by atoms with Crippen LogP contribution < -0.4 is 5.32 Å². The SMILES string of the molecule is CN1C(=O)N[C@H](CS(=O)(=O)Cl)C1=O. The number of amides is 3. The van der Waals surface area contributed by atoms with Crippen molar-refractivity contribution in [1.29, 1.82) is 0 Å². The van der Waals surface area contributed by atoms with Crippen molar-refractivity contribution in [2.75, 3.05) is 12.8 Å². The smallest absolute Gasteiger partial charge is 0.324 e.